The molecule has 1 N–H and O–H groups in total. The van der Waals surface area contributed by atoms with Gasteiger partial charge in [-0.3, -0.25) is 18.6 Å². The van der Waals surface area contributed by atoms with Crippen molar-refractivity contribution in [2.75, 3.05) is 47.5 Å². The van der Waals surface area contributed by atoms with Crippen LogP contribution in [0.25, 0.3) is 0 Å². The van der Waals surface area contributed by atoms with Gasteiger partial charge in [0, 0.05) is 12.8 Å². The second-order valence-electron chi connectivity index (χ2n) is 23.1. The van der Waals surface area contributed by atoms with Crippen molar-refractivity contribution < 1.29 is 42.1 Å². The normalized spacial score (nSPS) is 13.8. The molecule has 462 valence electrons. The quantitative estimate of drug-likeness (QED) is 0.0211. The molecule has 0 aliphatic carbocycles. The fourth-order valence-corrected chi connectivity index (χ4v) is 9.79. The average Bonchev–Trinajstić information content (AvgIpc) is 3.42. The zero-order chi connectivity index (χ0) is 58.4. The summed E-state index contributed by atoms with van der Waals surface area (Å²) < 4.78 is 34.6. The third-order valence-corrected chi connectivity index (χ3v) is 15.1. The third-order valence-electron chi connectivity index (χ3n) is 14.1. The lowest BCUT2D eigenvalue weighted by Crippen LogP contribution is -2.37. The molecule has 10 heteroatoms. The van der Waals surface area contributed by atoms with Gasteiger partial charge in [0.2, 0.25) is 0 Å². The molecule has 0 aliphatic heterocycles. The number of carbonyl (C=O) groups is 2. The van der Waals surface area contributed by atoms with Gasteiger partial charge in [0.15, 0.2) is 6.10 Å². The predicted octanol–water partition coefficient (Wildman–Crippen LogP) is 21.2. The summed E-state index contributed by atoms with van der Waals surface area (Å²) in [4.78, 5) is 35.7. The van der Waals surface area contributed by atoms with E-state index in [2.05, 4.69) is 111 Å². The van der Waals surface area contributed by atoms with Gasteiger partial charge in [-0.15, -0.1) is 0 Å². The van der Waals surface area contributed by atoms with Crippen LogP contribution in [-0.2, 0) is 32.7 Å². The molecule has 0 aromatic carbocycles. The molecule has 2 unspecified atom stereocenters. The number of phosphoric acid groups is 1. The Morgan fingerprint density at radius 3 is 1.07 bits per heavy atom. The number of nitrogens with zero attached hydrogens (tertiary/aromatic N) is 1. The van der Waals surface area contributed by atoms with Gasteiger partial charge in [-0.25, -0.2) is 4.57 Å². The Kier molecular flexibility index (Phi) is 58.2. The SMILES string of the molecule is CC/C=C\C/C=C\C/C=C\C/C=C\C/C=C\CCCCCC(=O)OC(COC(=O)CCCCCCCCCCCCCCCCCCCCCCCC/C=C\C/C=C\C/C=C\CCCCCCC)COP(=O)(O)OCC[N+](C)(C)C. The number of esters is 2. The fraction of sp³-hybridized carbons (Fsp3) is 0.743. The molecular weight excluding hydrogens is 1010 g/mol. The number of phosphoric ester groups is 1. The molecule has 0 heterocycles. The van der Waals surface area contributed by atoms with E-state index in [9.17, 15) is 19.0 Å². The van der Waals surface area contributed by atoms with Crippen LogP contribution in [0.5, 0.6) is 0 Å². The van der Waals surface area contributed by atoms with Crippen LogP contribution in [0.15, 0.2) is 97.2 Å². The molecule has 9 nitrogen and oxygen atoms in total. The summed E-state index contributed by atoms with van der Waals surface area (Å²) in [6.45, 7) is 4.28. The molecule has 0 aliphatic rings. The number of unbranched alkanes of at least 4 members (excludes halogenated alkanes) is 30. The van der Waals surface area contributed by atoms with Gasteiger partial charge in [0.1, 0.15) is 19.8 Å². The summed E-state index contributed by atoms with van der Waals surface area (Å²) in [5.74, 6) is -0.831. The molecule has 0 fully saturated rings. The molecule has 0 radical (unpaired) electrons. The van der Waals surface area contributed by atoms with Crippen molar-refractivity contribution in [2.24, 2.45) is 0 Å². The Balaban J connectivity index is 4.00. The first kappa shape index (κ1) is 76.9. The number of hydrogen-bond donors (Lipinski definition) is 1. The van der Waals surface area contributed by atoms with Crippen LogP contribution in [0.2, 0.25) is 0 Å². The van der Waals surface area contributed by atoms with E-state index in [0.29, 0.717) is 17.4 Å². The third kappa shape index (κ3) is 64.1. The molecule has 0 saturated heterocycles. The summed E-state index contributed by atoms with van der Waals surface area (Å²) >= 11 is 0. The highest BCUT2D eigenvalue weighted by atomic mass is 31.2. The minimum atomic E-state index is -4.40. The maximum absolute atomic E-state index is 12.8. The lowest BCUT2D eigenvalue weighted by molar-refractivity contribution is -0.870. The highest BCUT2D eigenvalue weighted by Crippen LogP contribution is 2.43. The smallest absolute Gasteiger partial charge is 0.462 e. The van der Waals surface area contributed by atoms with E-state index in [0.717, 1.165) is 83.5 Å². The number of hydrogen-bond acceptors (Lipinski definition) is 7. The van der Waals surface area contributed by atoms with E-state index in [1.165, 1.54) is 167 Å². The lowest BCUT2D eigenvalue weighted by Gasteiger charge is -2.24. The lowest BCUT2D eigenvalue weighted by atomic mass is 10.0. The first-order chi connectivity index (χ1) is 39.0. The fourth-order valence-electron chi connectivity index (χ4n) is 9.05. The molecule has 0 amide bonds. The van der Waals surface area contributed by atoms with E-state index in [1.54, 1.807) is 0 Å². The maximum atomic E-state index is 12.8. The number of carbonyl (C=O) groups excluding carboxylic acids is 2. The van der Waals surface area contributed by atoms with Gasteiger partial charge in [-0.1, -0.05) is 272 Å². The summed E-state index contributed by atoms with van der Waals surface area (Å²) in [7, 11) is 1.45. The summed E-state index contributed by atoms with van der Waals surface area (Å²) in [5.41, 5.74) is 0. The van der Waals surface area contributed by atoms with Crippen LogP contribution in [0.1, 0.15) is 284 Å². The second kappa shape index (κ2) is 60.5. The van der Waals surface area contributed by atoms with Crippen molar-refractivity contribution in [1.29, 1.82) is 0 Å². The van der Waals surface area contributed by atoms with Gasteiger partial charge in [0.25, 0.3) is 0 Å². The Morgan fingerprint density at radius 1 is 0.400 bits per heavy atom. The zero-order valence-corrected chi connectivity index (χ0v) is 53.4. The Labute approximate surface area is 493 Å². The first-order valence-corrected chi connectivity index (χ1v) is 34.5. The van der Waals surface area contributed by atoms with Crippen LogP contribution >= 0.6 is 7.82 Å². The van der Waals surface area contributed by atoms with Gasteiger partial charge in [0.05, 0.1) is 27.7 Å². The van der Waals surface area contributed by atoms with Crippen molar-refractivity contribution in [3.8, 4) is 0 Å². The minimum absolute atomic E-state index is 0.0218. The van der Waals surface area contributed by atoms with Crippen molar-refractivity contribution in [3.63, 3.8) is 0 Å². The van der Waals surface area contributed by atoms with Crippen molar-refractivity contribution >= 4 is 19.8 Å². The molecule has 0 aromatic heterocycles. The van der Waals surface area contributed by atoms with Gasteiger partial charge in [-0.2, -0.15) is 0 Å². The first-order valence-electron chi connectivity index (χ1n) is 33.0. The van der Waals surface area contributed by atoms with E-state index >= 15 is 0 Å². The van der Waals surface area contributed by atoms with Gasteiger partial charge >= 0.3 is 19.8 Å². The number of rotatable bonds is 60. The average molecular weight is 1140 g/mol. The molecule has 0 bridgehead atoms. The van der Waals surface area contributed by atoms with Gasteiger partial charge in [-0.05, 0) is 96.3 Å². The van der Waals surface area contributed by atoms with Crippen LogP contribution in [0.3, 0.4) is 0 Å². The van der Waals surface area contributed by atoms with Crippen LogP contribution < -0.4 is 0 Å². The number of allylic oxidation sites excluding steroid dienone is 16. The summed E-state index contributed by atoms with van der Waals surface area (Å²) in [5, 5.41) is 0. The van der Waals surface area contributed by atoms with Crippen molar-refractivity contribution in [1.82, 2.24) is 0 Å². The van der Waals surface area contributed by atoms with E-state index in [4.69, 9.17) is 18.5 Å². The number of quaternary nitrogens is 1. The predicted molar refractivity (Wildman–Crippen MR) is 344 cm³/mol. The molecular formula is C70H125NO8P+. The minimum Gasteiger partial charge on any atom is -0.462 e. The number of likely N-dealkylation sites (N-methyl/N-ethyl adjacent to an activating group) is 1. The van der Waals surface area contributed by atoms with Crippen molar-refractivity contribution in [3.05, 3.63) is 97.2 Å². The Morgan fingerprint density at radius 2 is 0.713 bits per heavy atom. The Hall–Kier alpha value is -3.07. The van der Waals surface area contributed by atoms with Crippen LogP contribution in [0, 0.1) is 0 Å². The molecule has 80 heavy (non-hydrogen) atoms. The largest absolute Gasteiger partial charge is 0.472 e. The molecule has 0 aromatic rings. The summed E-state index contributed by atoms with van der Waals surface area (Å²) in [6.07, 6.45) is 83.8. The summed E-state index contributed by atoms with van der Waals surface area (Å²) in [6, 6.07) is 0. The monoisotopic (exact) mass is 1140 g/mol. The van der Waals surface area contributed by atoms with E-state index in [-0.39, 0.29) is 32.0 Å². The highest BCUT2D eigenvalue weighted by Gasteiger charge is 2.27. The molecule has 0 spiro atoms. The maximum Gasteiger partial charge on any atom is 0.472 e. The zero-order valence-electron chi connectivity index (χ0n) is 52.5. The molecule has 2 atom stereocenters. The Bertz CT molecular complexity index is 1670. The van der Waals surface area contributed by atoms with Crippen LogP contribution in [0.4, 0.5) is 0 Å². The highest BCUT2D eigenvalue weighted by molar-refractivity contribution is 7.47. The van der Waals surface area contributed by atoms with Gasteiger partial charge < -0.3 is 18.9 Å². The second-order valence-corrected chi connectivity index (χ2v) is 24.6. The van der Waals surface area contributed by atoms with E-state index in [1.807, 2.05) is 21.1 Å². The van der Waals surface area contributed by atoms with Crippen LogP contribution in [-0.4, -0.2) is 74.9 Å². The van der Waals surface area contributed by atoms with E-state index < -0.39 is 26.5 Å². The number of ether oxygens (including phenoxy) is 2. The molecule has 0 rings (SSSR count). The topological polar surface area (TPSA) is 108 Å². The van der Waals surface area contributed by atoms with Crippen molar-refractivity contribution in [2.45, 2.75) is 290 Å². The standard InChI is InChI=1S/C70H124NO8P/c1-6-8-10-12-14-16-18-20-22-24-26-27-28-29-30-31-32-33-34-35-36-37-38-39-40-41-42-43-45-46-48-50-52-54-56-58-60-62-69(72)76-66-68(67-78-80(74,75)77-65-64-71(3,4)5)79-70(73)63-61-59-57-55-53-51-49-47-44-25-23-21-19-17-15-13-11-9-7-2/h9,11,15,17-18,20-21,23-24,26,28-29,44,47,51,53,68H,6-8,10,12-14,16,19,22,25,27,30-43,45-46,48-50,52,54-67H2,1-5H3/p+1/b11-9-,17-15-,20-18-,23-21-,26-24-,29-28-,47-44-,53-51-. The molecule has 0 saturated carbocycles.